The normalized spacial score (nSPS) is 15.8. The smallest absolute Gasteiger partial charge is 0.407 e. The molecular formula is C45H56ClN13O4S2. The first-order valence-corrected chi connectivity index (χ1v) is 23.2. The Balaban J connectivity index is 0.000000180. The summed E-state index contributed by atoms with van der Waals surface area (Å²) in [4.78, 5) is 61.9. The third-order valence-corrected chi connectivity index (χ3v) is 11.4. The lowest BCUT2D eigenvalue weighted by atomic mass is 10.1. The maximum absolute atomic E-state index is 12.1. The molecule has 4 N–H and O–H groups in total. The third-order valence-electron chi connectivity index (χ3n) is 9.31. The Hall–Kier alpha value is -5.89. The van der Waals surface area contributed by atoms with E-state index in [1.165, 1.54) is 11.3 Å². The SMILES string of the molecule is CC(C)(C)OC(=O)C[C@H]1CCNC1.Cc1nc(Cl)cc(Nc2ncc(-c3ccncc3)s2)n1.Cc1nc(Nc2ncc(-c3ccncc3)s2)cc(N2CC[C@H](NC(=O)OC(C)(C)C)C2)n1. The van der Waals surface area contributed by atoms with Gasteiger partial charge in [-0.05, 0) is 123 Å². The van der Waals surface area contributed by atoms with Gasteiger partial charge in [0.2, 0.25) is 0 Å². The van der Waals surface area contributed by atoms with E-state index < -0.39 is 5.60 Å². The fourth-order valence-corrected chi connectivity index (χ4v) is 8.51. The predicted octanol–water partition coefficient (Wildman–Crippen LogP) is 9.18. The average Bonchev–Trinajstić information content (AvgIpc) is 4.07. The number of amides is 1. The molecule has 6 aromatic rings. The van der Waals surface area contributed by atoms with Crippen molar-refractivity contribution in [2.45, 2.75) is 91.9 Å². The van der Waals surface area contributed by atoms with Crippen molar-refractivity contribution in [1.29, 1.82) is 0 Å². The first-order chi connectivity index (χ1) is 30.9. The number of hydrogen-bond donors (Lipinski definition) is 4. The molecule has 0 bridgehead atoms. The zero-order valence-corrected chi connectivity index (χ0v) is 40.3. The lowest BCUT2D eigenvalue weighted by molar-refractivity contribution is -0.155. The molecule has 17 nitrogen and oxygen atoms in total. The summed E-state index contributed by atoms with van der Waals surface area (Å²) in [6, 6.07) is 11.4. The molecule has 1 amide bonds. The van der Waals surface area contributed by atoms with Crippen LogP contribution in [0.25, 0.3) is 20.9 Å². The number of halogens is 1. The maximum atomic E-state index is 12.1. The maximum Gasteiger partial charge on any atom is 0.407 e. The number of aromatic nitrogens is 8. The summed E-state index contributed by atoms with van der Waals surface area (Å²) >= 11 is 8.99. The molecule has 0 aromatic carbocycles. The van der Waals surface area contributed by atoms with Crippen molar-refractivity contribution in [3.8, 4) is 20.9 Å². The summed E-state index contributed by atoms with van der Waals surface area (Å²) in [5.74, 6) is 3.84. The summed E-state index contributed by atoms with van der Waals surface area (Å²) < 4.78 is 10.6. The Morgan fingerprint density at radius 2 is 1.34 bits per heavy atom. The minimum absolute atomic E-state index is 0.0124. The van der Waals surface area contributed by atoms with Crippen LogP contribution in [0.3, 0.4) is 0 Å². The quantitative estimate of drug-likeness (QED) is 0.0746. The van der Waals surface area contributed by atoms with Gasteiger partial charge in [-0.25, -0.2) is 34.7 Å². The molecule has 0 aliphatic carbocycles. The molecule has 65 heavy (non-hydrogen) atoms. The number of ether oxygens (including phenoxy) is 2. The molecule has 2 aliphatic heterocycles. The van der Waals surface area contributed by atoms with Crippen LogP contribution in [-0.4, -0.2) is 95.4 Å². The van der Waals surface area contributed by atoms with Crippen LogP contribution in [0.1, 0.15) is 72.5 Å². The van der Waals surface area contributed by atoms with Gasteiger partial charge in [0.1, 0.15) is 45.5 Å². The van der Waals surface area contributed by atoms with E-state index in [9.17, 15) is 9.59 Å². The number of hydrogen-bond acceptors (Lipinski definition) is 18. The van der Waals surface area contributed by atoms with Crippen molar-refractivity contribution in [3.63, 3.8) is 0 Å². The molecule has 0 spiro atoms. The van der Waals surface area contributed by atoms with Crippen LogP contribution in [0.5, 0.6) is 0 Å². The van der Waals surface area contributed by atoms with Crippen LogP contribution in [0.2, 0.25) is 5.15 Å². The molecule has 344 valence electrons. The summed E-state index contributed by atoms with van der Waals surface area (Å²) in [6.07, 6.45) is 12.8. The molecule has 2 aliphatic rings. The van der Waals surface area contributed by atoms with E-state index in [-0.39, 0.29) is 23.7 Å². The summed E-state index contributed by atoms with van der Waals surface area (Å²) in [5, 5.41) is 14.5. The van der Waals surface area contributed by atoms with E-state index in [0.717, 1.165) is 69.4 Å². The van der Waals surface area contributed by atoms with Gasteiger partial charge in [0, 0.05) is 68.8 Å². The topological polar surface area (TPSA) is 207 Å². The molecule has 20 heteroatoms. The van der Waals surface area contributed by atoms with Crippen LogP contribution in [0, 0.1) is 19.8 Å². The number of carbonyl (C=O) groups excluding carboxylic acids is 2. The predicted molar refractivity (Wildman–Crippen MR) is 257 cm³/mol. The highest BCUT2D eigenvalue weighted by atomic mass is 35.5. The van der Waals surface area contributed by atoms with E-state index in [1.807, 2.05) is 91.2 Å². The third kappa shape index (κ3) is 16.2. The average molecular weight is 943 g/mol. The molecule has 2 saturated heterocycles. The molecule has 0 saturated carbocycles. The van der Waals surface area contributed by atoms with Crippen molar-refractivity contribution in [1.82, 2.24) is 50.5 Å². The van der Waals surface area contributed by atoms with Crippen molar-refractivity contribution in [2.24, 2.45) is 5.92 Å². The number of aryl methyl sites for hydroxylation is 2. The number of esters is 1. The largest absolute Gasteiger partial charge is 0.460 e. The fourth-order valence-electron chi connectivity index (χ4n) is 6.62. The highest BCUT2D eigenvalue weighted by Crippen LogP contribution is 2.32. The second-order valence-electron chi connectivity index (χ2n) is 17.3. The monoisotopic (exact) mass is 941 g/mol. The Bertz CT molecular complexity index is 2450. The Kier molecular flexibility index (Phi) is 16.7. The van der Waals surface area contributed by atoms with Gasteiger partial charge in [-0.3, -0.25) is 14.8 Å². The van der Waals surface area contributed by atoms with E-state index in [4.69, 9.17) is 21.1 Å². The van der Waals surface area contributed by atoms with Crippen molar-refractivity contribution in [3.05, 3.63) is 90.4 Å². The number of alkyl carbamates (subject to hydrolysis) is 1. The number of pyridine rings is 2. The number of nitrogens with one attached hydrogen (secondary N) is 4. The Morgan fingerprint density at radius 1 is 0.785 bits per heavy atom. The van der Waals surface area contributed by atoms with E-state index in [2.05, 4.69) is 66.0 Å². The van der Waals surface area contributed by atoms with Crippen molar-refractivity contribution in [2.75, 3.05) is 41.7 Å². The molecule has 0 radical (unpaired) electrons. The van der Waals surface area contributed by atoms with Crippen LogP contribution in [0.4, 0.5) is 32.5 Å². The van der Waals surface area contributed by atoms with Gasteiger partial charge < -0.3 is 35.6 Å². The second kappa shape index (κ2) is 22.3. The van der Waals surface area contributed by atoms with E-state index in [1.54, 1.807) is 49.1 Å². The zero-order chi connectivity index (χ0) is 46.6. The van der Waals surface area contributed by atoms with Crippen LogP contribution in [0.15, 0.2) is 73.6 Å². The molecule has 0 unspecified atom stereocenters. The van der Waals surface area contributed by atoms with Gasteiger partial charge in [-0.1, -0.05) is 34.3 Å². The van der Waals surface area contributed by atoms with Crippen molar-refractivity contribution >= 4 is 74.1 Å². The lowest BCUT2D eigenvalue weighted by Crippen LogP contribution is -2.40. The minimum Gasteiger partial charge on any atom is -0.460 e. The van der Waals surface area contributed by atoms with Gasteiger partial charge in [0.15, 0.2) is 10.3 Å². The Morgan fingerprint density at radius 3 is 1.86 bits per heavy atom. The van der Waals surface area contributed by atoms with Gasteiger partial charge in [0.25, 0.3) is 0 Å². The summed E-state index contributed by atoms with van der Waals surface area (Å²) in [6.45, 7) is 18.4. The minimum atomic E-state index is -0.514. The molecule has 6 aromatic heterocycles. The zero-order valence-electron chi connectivity index (χ0n) is 37.9. The first kappa shape index (κ1) is 48.6. The van der Waals surface area contributed by atoms with Gasteiger partial charge in [-0.2, -0.15) is 0 Å². The van der Waals surface area contributed by atoms with Gasteiger partial charge in [0.05, 0.1) is 15.8 Å². The highest BCUT2D eigenvalue weighted by molar-refractivity contribution is 7.19. The van der Waals surface area contributed by atoms with E-state index in [0.29, 0.717) is 47.3 Å². The first-order valence-electron chi connectivity index (χ1n) is 21.2. The van der Waals surface area contributed by atoms with Crippen LogP contribution < -0.4 is 26.2 Å². The number of nitrogens with zero attached hydrogens (tertiary/aromatic N) is 9. The Labute approximate surface area is 392 Å². The molecule has 2 fully saturated rings. The van der Waals surface area contributed by atoms with Crippen LogP contribution in [-0.2, 0) is 14.3 Å². The van der Waals surface area contributed by atoms with Crippen LogP contribution >= 0.6 is 34.3 Å². The fraction of sp³-hybridized carbons (Fsp3) is 0.422. The van der Waals surface area contributed by atoms with Crippen molar-refractivity contribution < 1.29 is 19.1 Å². The van der Waals surface area contributed by atoms with Gasteiger partial charge in [-0.15, -0.1) is 0 Å². The standard InChI is InChI=1S/C22H27N7O2S.C13H10ClN5S.C10H19NO2/c1-14-25-18(28-20-24-12-17(32-20)15-5-8-23-9-6-15)11-19(26-14)29-10-7-16(13-29)27-21(30)31-22(2,3)4;1-8-17-11(14)6-12(18-8)19-13-16-7-10(20-13)9-2-4-15-5-3-9;1-10(2,3)13-9(12)6-8-4-5-11-7-8/h5-6,8-9,11-12,16H,7,10,13H2,1-4H3,(H,27,30)(H,24,25,26,28);2-7H,1H3,(H,16,17,18,19);8,11H,4-7H2,1-3H3/t16-;;8-/m0.1/s1. The molecule has 8 heterocycles. The number of carbonyl (C=O) groups is 2. The number of rotatable bonds is 10. The van der Waals surface area contributed by atoms with Gasteiger partial charge >= 0.3 is 12.1 Å². The number of thiazole rings is 2. The molecule has 2 atom stereocenters. The molecular weight excluding hydrogens is 886 g/mol. The summed E-state index contributed by atoms with van der Waals surface area (Å²) in [5.41, 5.74) is 1.30. The summed E-state index contributed by atoms with van der Waals surface area (Å²) in [7, 11) is 0. The highest BCUT2D eigenvalue weighted by Gasteiger charge is 2.28. The lowest BCUT2D eigenvalue weighted by Gasteiger charge is -2.22. The number of anilines is 5. The van der Waals surface area contributed by atoms with E-state index >= 15 is 0 Å². The molecule has 8 rings (SSSR count). The second-order valence-corrected chi connectivity index (χ2v) is 19.7.